The molecule has 1 N–H and O–H groups in total. The van der Waals surface area contributed by atoms with Crippen LogP contribution >= 0.6 is 11.8 Å². The van der Waals surface area contributed by atoms with E-state index in [4.69, 9.17) is 14.2 Å². The molecule has 7 heteroatoms. The summed E-state index contributed by atoms with van der Waals surface area (Å²) in [5, 5.41) is 3.37. The van der Waals surface area contributed by atoms with Crippen LogP contribution in [0.5, 0.6) is 17.2 Å². The highest BCUT2D eigenvalue weighted by atomic mass is 32.2. The van der Waals surface area contributed by atoms with Crippen LogP contribution in [-0.2, 0) is 11.2 Å². The van der Waals surface area contributed by atoms with Gasteiger partial charge < -0.3 is 19.5 Å². The standard InChI is InChI=1S/C21H20N2O4S/c1-3-13-5-7-15(8-6-13)22-21-23-20(24)19(28-21)10-14-9-17-18(27-12-26-17)11-16(14)25-4-2/h5-11H,3-4,12H2,1-2H3,(H,22,23,24)/b19-10+. The molecule has 0 spiro atoms. The molecule has 2 aromatic carbocycles. The van der Waals surface area contributed by atoms with Crippen LogP contribution in [0.2, 0.25) is 0 Å². The maximum Gasteiger partial charge on any atom is 0.264 e. The minimum absolute atomic E-state index is 0.184. The number of nitrogens with one attached hydrogen (secondary N) is 1. The van der Waals surface area contributed by atoms with Gasteiger partial charge in [0.05, 0.1) is 17.2 Å². The summed E-state index contributed by atoms with van der Waals surface area (Å²) in [5.41, 5.74) is 2.82. The predicted molar refractivity (Wildman–Crippen MR) is 110 cm³/mol. The third kappa shape index (κ3) is 3.84. The second-order valence-corrected chi connectivity index (χ2v) is 7.21. The van der Waals surface area contributed by atoms with Crippen LogP contribution in [0, 0.1) is 0 Å². The van der Waals surface area contributed by atoms with Gasteiger partial charge in [-0.2, -0.15) is 0 Å². The molecule has 0 unspecified atom stereocenters. The van der Waals surface area contributed by atoms with Crippen LogP contribution in [0.1, 0.15) is 25.0 Å². The lowest BCUT2D eigenvalue weighted by molar-refractivity contribution is -0.115. The number of carbonyl (C=O) groups excluding carboxylic acids is 1. The molecule has 1 saturated heterocycles. The maximum absolute atomic E-state index is 12.4. The monoisotopic (exact) mass is 396 g/mol. The van der Waals surface area contributed by atoms with Crippen molar-refractivity contribution < 1.29 is 19.0 Å². The first-order valence-corrected chi connectivity index (χ1v) is 9.93. The Morgan fingerprint density at radius 1 is 1.18 bits per heavy atom. The molecular weight excluding hydrogens is 376 g/mol. The quantitative estimate of drug-likeness (QED) is 0.765. The highest BCUT2D eigenvalue weighted by Crippen LogP contribution is 2.40. The number of rotatable bonds is 5. The number of aryl methyl sites for hydroxylation is 1. The van der Waals surface area contributed by atoms with E-state index < -0.39 is 0 Å². The second kappa shape index (κ2) is 7.98. The molecule has 2 aliphatic heterocycles. The minimum atomic E-state index is -0.186. The lowest BCUT2D eigenvalue weighted by Crippen LogP contribution is -2.19. The number of amidine groups is 1. The third-order valence-electron chi connectivity index (χ3n) is 4.32. The Bertz CT molecular complexity index is 967. The van der Waals surface area contributed by atoms with E-state index in [1.807, 2.05) is 37.3 Å². The highest BCUT2D eigenvalue weighted by Gasteiger charge is 2.25. The number of hydrogen-bond donors (Lipinski definition) is 1. The molecule has 2 aliphatic rings. The zero-order chi connectivity index (χ0) is 19.5. The van der Waals surface area contributed by atoms with Gasteiger partial charge in [0.25, 0.3) is 5.91 Å². The lowest BCUT2D eigenvalue weighted by Gasteiger charge is -2.09. The van der Waals surface area contributed by atoms with Crippen molar-refractivity contribution in [2.24, 2.45) is 4.99 Å². The first-order chi connectivity index (χ1) is 13.7. The van der Waals surface area contributed by atoms with Gasteiger partial charge in [-0.25, -0.2) is 4.99 Å². The summed E-state index contributed by atoms with van der Waals surface area (Å²) in [4.78, 5) is 17.5. The van der Waals surface area contributed by atoms with Crippen LogP contribution in [0.15, 0.2) is 46.3 Å². The van der Waals surface area contributed by atoms with Crippen molar-refractivity contribution >= 4 is 34.6 Å². The summed E-state index contributed by atoms with van der Waals surface area (Å²) < 4.78 is 16.6. The number of amides is 1. The van der Waals surface area contributed by atoms with E-state index >= 15 is 0 Å². The van der Waals surface area contributed by atoms with Gasteiger partial charge in [-0.05, 0) is 54.9 Å². The van der Waals surface area contributed by atoms with Gasteiger partial charge in [-0.1, -0.05) is 19.1 Å². The third-order valence-corrected chi connectivity index (χ3v) is 5.23. The molecule has 1 amide bonds. The number of aliphatic imine (C=N–C) groups is 1. The fraction of sp³-hybridized carbons (Fsp3) is 0.238. The van der Waals surface area contributed by atoms with Crippen LogP contribution in [-0.4, -0.2) is 24.5 Å². The molecular formula is C21H20N2O4S. The molecule has 0 radical (unpaired) electrons. The van der Waals surface area contributed by atoms with Crippen molar-refractivity contribution in [3.8, 4) is 17.2 Å². The van der Waals surface area contributed by atoms with E-state index in [9.17, 15) is 4.79 Å². The fourth-order valence-corrected chi connectivity index (χ4v) is 3.71. The Hall–Kier alpha value is -2.93. The molecule has 6 nitrogen and oxygen atoms in total. The van der Waals surface area contributed by atoms with E-state index in [-0.39, 0.29) is 12.7 Å². The molecule has 2 aromatic rings. The van der Waals surface area contributed by atoms with Crippen molar-refractivity contribution in [2.45, 2.75) is 20.3 Å². The highest BCUT2D eigenvalue weighted by molar-refractivity contribution is 8.18. The molecule has 0 aliphatic carbocycles. The number of hydrogen-bond acceptors (Lipinski definition) is 6. The largest absolute Gasteiger partial charge is 0.493 e. The van der Waals surface area contributed by atoms with Crippen molar-refractivity contribution in [1.82, 2.24) is 5.32 Å². The van der Waals surface area contributed by atoms with Gasteiger partial charge in [0.2, 0.25) is 6.79 Å². The first kappa shape index (κ1) is 18.4. The fourth-order valence-electron chi connectivity index (χ4n) is 2.88. The number of benzene rings is 2. The van der Waals surface area contributed by atoms with Crippen molar-refractivity contribution in [1.29, 1.82) is 0 Å². The molecule has 1 fully saturated rings. The zero-order valence-electron chi connectivity index (χ0n) is 15.7. The van der Waals surface area contributed by atoms with E-state index in [2.05, 4.69) is 17.2 Å². The predicted octanol–water partition coefficient (Wildman–Crippen LogP) is 4.27. The Morgan fingerprint density at radius 2 is 1.93 bits per heavy atom. The Labute approximate surface area is 167 Å². The number of thioether (sulfide) groups is 1. The topological polar surface area (TPSA) is 69.2 Å². The molecule has 0 bridgehead atoms. The summed E-state index contributed by atoms with van der Waals surface area (Å²) in [7, 11) is 0. The van der Waals surface area contributed by atoms with E-state index in [1.54, 1.807) is 12.1 Å². The molecule has 144 valence electrons. The van der Waals surface area contributed by atoms with E-state index in [0.29, 0.717) is 33.9 Å². The molecule has 0 aromatic heterocycles. The molecule has 28 heavy (non-hydrogen) atoms. The number of carbonyl (C=O) groups is 1. The van der Waals surface area contributed by atoms with E-state index in [1.165, 1.54) is 17.3 Å². The van der Waals surface area contributed by atoms with Gasteiger partial charge >= 0.3 is 0 Å². The van der Waals surface area contributed by atoms with Gasteiger partial charge in [-0.3, -0.25) is 4.79 Å². The normalized spacial score (nSPS) is 18.0. The van der Waals surface area contributed by atoms with Crippen molar-refractivity contribution in [3.05, 3.63) is 52.4 Å². The number of nitrogens with zero attached hydrogens (tertiary/aromatic N) is 1. The summed E-state index contributed by atoms with van der Waals surface area (Å²) >= 11 is 1.30. The van der Waals surface area contributed by atoms with Crippen molar-refractivity contribution in [3.63, 3.8) is 0 Å². The SMILES string of the molecule is CCOc1cc2c(cc1/C=C1/SC(=Nc3ccc(CC)cc3)NC1=O)OCO2. The summed E-state index contributed by atoms with van der Waals surface area (Å²) in [6, 6.07) is 11.6. The average Bonchev–Trinajstić information content (AvgIpc) is 3.29. The summed E-state index contributed by atoms with van der Waals surface area (Å²) in [6.45, 7) is 4.71. The molecule has 4 rings (SSSR count). The Balaban J connectivity index is 1.60. The minimum Gasteiger partial charge on any atom is -0.493 e. The average molecular weight is 396 g/mol. The lowest BCUT2D eigenvalue weighted by atomic mass is 10.1. The first-order valence-electron chi connectivity index (χ1n) is 9.11. The molecule has 0 atom stereocenters. The van der Waals surface area contributed by atoms with Crippen LogP contribution in [0.4, 0.5) is 5.69 Å². The number of fused-ring (bicyclic) bond motifs is 1. The maximum atomic E-state index is 12.4. The van der Waals surface area contributed by atoms with Gasteiger partial charge in [0.1, 0.15) is 5.75 Å². The van der Waals surface area contributed by atoms with Crippen LogP contribution in [0.3, 0.4) is 0 Å². The van der Waals surface area contributed by atoms with Crippen molar-refractivity contribution in [2.75, 3.05) is 13.4 Å². The second-order valence-electron chi connectivity index (χ2n) is 6.18. The molecule has 2 heterocycles. The van der Waals surface area contributed by atoms with Gasteiger partial charge in [0.15, 0.2) is 16.7 Å². The van der Waals surface area contributed by atoms with Crippen LogP contribution in [0.25, 0.3) is 6.08 Å². The van der Waals surface area contributed by atoms with Crippen LogP contribution < -0.4 is 19.5 Å². The summed E-state index contributed by atoms with van der Waals surface area (Å²) in [6.07, 6.45) is 2.77. The smallest absolute Gasteiger partial charge is 0.264 e. The van der Waals surface area contributed by atoms with Gasteiger partial charge in [0, 0.05) is 11.6 Å². The summed E-state index contributed by atoms with van der Waals surface area (Å²) in [5.74, 6) is 1.75. The number of ether oxygens (including phenoxy) is 3. The zero-order valence-corrected chi connectivity index (χ0v) is 16.5. The van der Waals surface area contributed by atoms with E-state index in [0.717, 1.165) is 17.7 Å². The Kier molecular flexibility index (Phi) is 5.25. The molecule has 0 saturated carbocycles. The van der Waals surface area contributed by atoms with Gasteiger partial charge in [-0.15, -0.1) is 0 Å². The Morgan fingerprint density at radius 3 is 2.64 bits per heavy atom.